The fraction of sp³-hybridized carbons (Fsp3) is 0.417. The van der Waals surface area contributed by atoms with E-state index < -0.39 is 0 Å². The zero-order valence-electron chi connectivity index (χ0n) is 9.82. The lowest BCUT2D eigenvalue weighted by Crippen LogP contribution is -2.24. The van der Waals surface area contributed by atoms with Crippen LogP contribution < -0.4 is 10.6 Å². The summed E-state index contributed by atoms with van der Waals surface area (Å²) in [6.07, 6.45) is 0.766. The van der Waals surface area contributed by atoms with Crippen molar-refractivity contribution in [1.82, 2.24) is 0 Å². The Hall–Kier alpha value is -0.650. The summed E-state index contributed by atoms with van der Waals surface area (Å²) in [6.45, 7) is 4.04. The number of benzene rings is 1. The topological polar surface area (TPSA) is 49.5 Å². The second kappa shape index (κ2) is 6.93. The number of thiocarbonyl (C=S) groups is 1. The minimum atomic E-state index is 0.211. The van der Waals surface area contributed by atoms with Gasteiger partial charge in [0, 0.05) is 35.4 Å². The predicted molar refractivity (Wildman–Crippen MR) is 79.6 cm³/mol. The lowest BCUT2D eigenvalue weighted by atomic mass is 10.2. The minimum absolute atomic E-state index is 0.211. The number of hydrogen-bond donors (Lipinski definition) is 2. The molecule has 1 aromatic rings. The maximum absolute atomic E-state index is 8.86. The molecule has 3 nitrogen and oxygen atoms in total. The van der Waals surface area contributed by atoms with E-state index in [-0.39, 0.29) is 6.61 Å². The normalized spacial score (nSPS) is 10.3. The molecule has 0 heterocycles. The molecule has 0 fully saturated rings. The van der Waals surface area contributed by atoms with Crippen LogP contribution in [0.3, 0.4) is 0 Å². The van der Waals surface area contributed by atoms with Gasteiger partial charge in [0.2, 0.25) is 0 Å². The molecule has 5 heteroatoms. The summed E-state index contributed by atoms with van der Waals surface area (Å²) in [5.41, 5.74) is 7.56. The van der Waals surface area contributed by atoms with Gasteiger partial charge in [-0.05, 0) is 47.5 Å². The first kappa shape index (κ1) is 14.4. The summed E-state index contributed by atoms with van der Waals surface area (Å²) in [6, 6.07) is 5.93. The van der Waals surface area contributed by atoms with Crippen LogP contribution in [-0.2, 0) is 0 Å². The summed E-state index contributed by atoms with van der Waals surface area (Å²) in [5.74, 6) is 0. The van der Waals surface area contributed by atoms with E-state index >= 15 is 0 Å². The van der Waals surface area contributed by atoms with E-state index in [0.717, 1.165) is 35.2 Å². The van der Waals surface area contributed by atoms with Gasteiger partial charge >= 0.3 is 0 Å². The molecule has 0 saturated carbocycles. The van der Waals surface area contributed by atoms with Crippen LogP contribution in [0, 0.1) is 0 Å². The summed E-state index contributed by atoms with van der Waals surface area (Å²) >= 11 is 8.43. The number of aliphatic hydroxyl groups excluding tert-OH is 1. The molecule has 0 aliphatic carbocycles. The molecule has 0 spiro atoms. The maximum atomic E-state index is 8.86. The van der Waals surface area contributed by atoms with Gasteiger partial charge in [0.15, 0.2) is 0 Å². The third-order valence-corrected chi connectivity index (χ3v) is 3.43. The van der Waals surface area contributed by atoms with E-state index in [1.807, 2.05) is 18.2 Å². The molecule has 0 amide bonds. The highest BCUT2D eigenvalue weighted by molar-refractivity contribution is 9.10. The van der Waals surface area contributed by atoms with Crippen LogP contribution >= 0.6 is 28.1 Å². The SMILES string of the molecule is CCN(CCCO)c1ccc(C(N)=S)c(Br)c1. The van der Waals surface area contributed by atoms with Crippen LogP contribution in [0.1, 0.15) is 18.9 Å². The van der Waals surface area contributed by atoms with Gasteiger partial charge in [-0.25, -0.2) is 0 Å². The molecule has 0 aliphatic heterocycles. The largest absolute Gasteiger partial charge is 0.396 e. The molecule has 94 valence electrons. The van der Waals surface area contributed by atoms with Gasteiger partial charge in [-0.15, -0.1) is 0 Å². The molecular weight excluding hydrogens is 300 g/mol. The van der Waals surface area contributed by atoms with Crippen molar-refractivity contribution in [3.8, 4) is 0 Å². The molecule has 0 aliphatic rings. The van der Waals surface area contributed by atoms with E-state index in [2.05, 4.69) is 27.8 Å². The summed E-state index contributed by atoms with van der Waals surface area (Å²) in [7, 11) is 0. The Morgan fingerprint density at radius 1 is 1.53 bits per heavy atom. The average Bonchev–Trinajstić information content (AvgIpc) is 2.29. The highest BCUT2D eigenvalue weighted by Crippen LogP contribution is 2.24. The Bertz CT molecular complexity index is 398. The molecule has 0 atom stereocenters. The molecular formula is C12H17BrN2OS. The van der Waals surface area contributed by atoms with Gasteiger partial charge < -0.3 is 15.7 Å². The van der Waals surface area contributed by atoms with E-state index in [1.54, 1.807) is 0 Å². The lowest BCUT2D eigenvalue weighted by molar-refractivity contribution is 0.289. The molecule has 0 radical (unpaired) electrons. The number of nitrogens with zero attached hydrogens (tertiary/aromatic N) is 1. The van der Waals surface area contributed by atoms with Gasteiger partial charge in [0.25, 0.3) is 0 Å². The van der Waals surface area contributed by atoms with E-state index in [0.29, 0.717) is 4.99 Å². The summed E-state index contributed by atoms with van der Waals surface area (Å²) in [5, 5.41) is 8.86. The van der Waals surface area contributed by atoms with E-state index in [4.69, 9.17) is 23.1 Å². The van der Waals surface area contributed by atoms with Gasteiger partial charge in [0.1, 0.15) is 4.99 Å². The zero-order valence-corrected chi connectivity index (χ0v) is 12.2. The Kier molecular flexibility index (Phi) is 5.88. The Labute approximate surface area is 116 Å². The fourth-order valence-electron chi connectivity index (χ4n) is 1.63. The molecule has 1 rings (SSSR count). The Balaban J connectivity index is 2.90. The van der Waals surface area contributed by atoms with Gasteiger partial charge in [0.05, 0.1) is 0 Å². The molecule has 0 bridgehead atoms. The van der Waals surface area contributed by atoms with Crippen molar-refractivity contribution in [3.05, 3.63) is 28.2 Å². The van der Waals surface area contributed by atoms with Crippen LogP contribution in [0.2, 0.25) is 0 Å². The third-order valence-electron chi connectivity index (χ3n) is 2.55. The zero-order chi connectivity index (χ0) is 12.8. The summed E-state index contributed by atoms with van der Waals surface area (Å²) < 4.78 is 0.907. The number of halogens is 1. The Morgan fingerprint density at radius 2 is 2.24 bits per heavy atom. The van der Waals surface area contributed by atoms with Crippen LogP contribution in [0.5, 0.6) is 0 Å². The van der Waals surface area contributed by atoms with Crippen molar-refractivity contribution in [1.29, 1.82) is 0 Å². The maximum Gasteiger partial charge on any atom is 0.105 e. The molecule has 0 saturated heterocycles. The number of anilines is 1. The first-order valence-electron chi connectivity index (χ1n) is 5.55. The monoisotopic (exact) mass is 316 g/mol. The first-order chi connectivity index (χ1) is 8.10. The standard InChI is InChI=1S/C12H17BrN2OS/c1-2-15(6-3-7-16)9-4-5-10(12(14)17)11(13)8-9/h4-5,8,16H,2-3,6-7H2,1H3,(H2,14,17). The molecule has 0 unspecified atom stereocenters. The molecule has 17 heavy (non-hydrogen) atoms. The van der Waals surface area contributed by atoms with E-state index in [9.17, 15) is 0 Å². The molecule has 0 aromatic heterocycles. The van der Waals surface area contributed by atoms with Gasteiger partial charge in [-0.1, -0.05) is 12.2 Å². The van der Waals surface area contributed by atoms with Crippen molar-refractivity contribution in [2.45, 2.75) is 13.3 Å². The van der Waals surface area contributed by atoms with Gasteiger partial charge in [-0.2, -0.15) is 0 Å². The smallest absolute Gasteiger partial charge is 0.105 e. The predicted octanol–water partition coefficient (Wildman–Crippen LogP) is 2.29. The van der Waals surface area contributed by atoms with Crippen LogP contribution in [0.15, 0.2) is 22.7 Å². The Morgan fingerprint density at radius 3 is 2.71 bits per heavy atom. The van der Waals surface area contributed by atoms with Gasteiger partial charge in [-0.3, -0.25) is 0 Å². The van der Waals surface area contributed by atoms with Crippen molar-refractivity contribution in [2.24, 2.45) is 5.73 Å². The highest BCUT2D eigenvalue weighted by atomic mass is 79.9. The second-order valence-electron chi connectivity index (χ2n) is 3.69. The number of hydrogen-bond acceptors (Lipinski definition) is 3. The van der Waals surface area contributed by atoms with Crippen molar-refractivity contribution in [3.63, 3.8) is 0 Å². The average molecular weight is 317 g/mol. The molecule has 1 aromatic carbocycles. The van der Waals surface area contributed by atoms with Crippen molar-refractivity contribution < 1.29 is 5.11 Å². The van der Waals surface area contributed by atoms with Crippen LogP contribution in [-0.4, -0.2) is 29.8 Å². The van der Waals surface area contributed by atoms with Crippen molar-refractivity contribution in [2.75, 3.05) is 24.6 Å². The quantitative estimate of drug-likeness (QED) is 0.791. The van der Waals surface area contributed by atoms with E-state index in [1.165, 1.54) is 0 Å². The minimum Gasteiger partial charge on any atom is -0.396 e. The number of rotatable bonds is 6. The second-order valence-corrected chi connectivity index (χ2v) is 4.98. The van der Waals surface area contributed by atoms with Crippen LogP contribution in [0.4, 0.5) is 5.69 Å². The first-order valence-corrected chi connectivity index (χ1v) is 6.75. The highest BCUT2D eigenvalue weighted by Gasteiger charge is 2.08. The number of nitrogens with two attached hydrogens (primary N) is 1. The van der Waals surface area contributed by atoms with Crippen molar-refractivity contribution >= 4 is 38.8 Å². The lowest BCUT2D eigenvalue weighted by Gasteiger charge is -2.23. The number of aliphatic hydroxyl groups is 1. The fourth-order valence-corrected chi connectivity index (χ4v) is 2.52. The van der Waals surface area contributed by atoms with Crippen LogP contribution in [0.25, 0.3) is 0 Å². The summed E-state index contributed by atoms with van der Waals surface area (Å²) in [4.78, 5) is 2.59. The molecule has 3 N–H and O–H groups in total. The third kappa shape index (κ3) is 3.94.